The van der Waals surface area contributed by atoms with Crippen LogP contribution < -0.4 is 15.3 Å². The van der Waals surface area contributed by atoms with E-state index in [1.165, 1.54) is 34.3 Å². The van der Waals surface area contributed by atoms with Gasteiger partial charge in [-0.15, -0.1) is 0 Å². The van der Waals surface area contributed by atoms with Crippen molar-refractivity contribution in [1.29, 1.82) is 0 Å². The maximum atomic E-state index is 16.3. The molecule has 6 heterocycles. The highest BCUT2D eigenvalue weighted by molar-refractivity contribution is 6.04. The van der Waals surface area contributed by atoms with Crippen molar-refractivity contribution in [2.45, 2.75) is 103 Å². The molecule has 11 rings (SSSR count). The normalized spacial score (nSPS) is 24.9. The number of aryl methyl sites for hydroxylation is 2. The Morgan fingerprint density at radius 2 is 1.75 bits per heavy atom. The first-order chi connectivity index (χ1) is 36.4. The fourth-order valence-corrected chi connectivity index (χ4v) is 11.5. The standard InChI is InChI=1S/C54H55F2N9O6/c1-30-20-38(21-31(2)49(30)56)65-50(63-18-17-62(46(63)29-67)43-12-8-33(22-40(43)55)23-47(68)60(6)7)48-32(3)61(16-14-41(48)58-65)51(69)44-25-37-24-35(36-15-19-70-53(4,5)26-36)11-13-42(37)64(44)54(27-39(54)34-9-10-34)52-57-45(28-66)71-59-52/h8,11-13,17-18,20-22,24-25,32,34,36,39H,9-10,14-16,19,23,26-27H2,1-7H3,(H,57,59)/t32-,36-,39+,54-/m0/s1/i6D3,7D3. The predicted molar refractivity (Wildman–Crippen MR) is 262 cm³/mol. The maximum absolute atomic E-state index is 16.3. The van der Waals surface area contributed by atoms with E-state index in [1.54, 1.807) is 41.5 Å². The van der Waals surface area contributed by atoms with Crippen molar-refractivity contribution in [3.8, 4) is 5.69 Å². The Morgan fingerprint density at radius 1 is 0.972 bits per heavy atom. The minimum absolute atomic E-state index is 0.0268. The SMILES string of the molecule is [2H]C([2H])([2H])N(C(=O)Cc1ccc(N2C=CN(c3c4c(nn3-c3cc(C)c(F)c(C)c3)CCN(C(=O)c3cc5cc([C@H]6CCOC(C)(C)C6)ccc5n3[C@@]3(C5=NC(=C=O)ON5)C[C@@H]3C3CC3)[C@H]4C)C2=C=O)c(F)c1)C([2H])([2H])[2H]. The van der Waals surface area contributed by atoms with Crippen LogP contribution in [0.2, 0.25) is 0 Å². The van der Waals surface area contributed by atoms with Crippen molar-refractivity contribution in [3.05, 3.63) is 130 Å². The average Bonchev–Trinajstić information content (AvgIpc) is 4.14. The predicted octanol–water partition coefficient (Wildman–Crippen LogP) is 7.99. The number of hydroxylamine groups is 1. The molecule has 15 nitrogen and oxygen atoms in total. The molecule has 17 heteroatoms. The van der Waals surface area contributed by atoms with Crippen LogP contribution in [0.25, 0.3) is 16.6 Å². The topological polar surface area (TPSA) is 147 Å². The number of benzene rings is 3. The van der Waals surface area contributed by atoms with Gasteiger partial charge in [0.05, 0.1) is 35.1 Å². The summed E-state index contributed by atoms with van der Waals surface area (Å²) >= 11 is 0. The minimum atomic E-state index is -3.29. The number of likely N-dealkylation sites (N-methyl/N-ethyl adjacent to an activating group) is 1. The van der Waals surface area contributed by atoms with E-state index in [0.29, 0.717) is 58.5 Å². The Morgan fingerprint density at radius 3 is 2.44 bits per heavy atom. The summed E-state index contributed by atoms with van der Waals surface area (Å²) in [7, 11) is 0. The Labute approximate surface area is 418 Å². The summed E-state index contributed by atoms with van der Waals surface area (Å²) in [5.41, 5.74) is 6.11. The van der Waals surface area contributed by atoms with Crippen molar-refractivity contribution in [2.75, 3.05) is 36.9 Å². The number of anilines is 2. The van der Waals surface area contributed by atoms with Gasteiger partial charge in [0.25, 0.3) is 5.91 Å². The van der Waals surface area contributed by atoms with Gasteiger partial charge in [-0.25, -0.2) is 28.5 Å². The van der Waals surface area contributed by atoms with Crippen molar-refractivity contribution in [2.24, 2.45) is 16.8 Å². The molecule has 2 saturated carbocycles. The van der Waals surface area contributed by atoms with Gasteiger partial charge < -0.3 is 23.9 Å². The summed E-state index contributed by atoms with van der Waals surface area (Å²) < 4.78 is 87.2. The zero-order valence-corrected chi connectivity index (χ0v) is 39.8. The first kappa shape index (κ1) is 39.4. The van der Waals surface area contributed by atoms with Gasteiger partial charge in [0.15, 0.2) is 17.7 Å². The van der Waals surface area contributed by atoms with Crippen LogP contribution in [0.1, 0.15) is 117 Å². The molecule has 0 unspecified atom stereocenters. The van der Waals surface area contributed by atoms with Gasteiger partial charge in [0.1, 0.15) is 28.7 Å². The summed E-state index contributed by atoms with van der Waals surface area (Å²) in [4.78, 5) is 68.5. The summed E-state index contributed by atoms with van der Waals surface area (Å²) in [5, 5.41) is 5.93. The number of nitrogens with zero attached hydrogens (tertiary/aromatic N) is 8. The average molecular weight is 970 g/mol. The highest BCUT2D eigenvalue weighted by Crippen LogP contribution is 2.63. The molecule has 3 fully saturated rings. The number of amides is 2. The van der Waals surface area contributed by atoms with Crippen LogP contribution >= 0.6 is 0 Å². The van der Waals surface area contributed by atoms with E-state index in [2.05, 4.69) is 47.1 Å². The number of halogens is 2. The second kappa shape index (κ2) is 16.9. The lowest BCUT2D eigenvalue weighted by atomic mass is 9.83. The lowest BCUT2D eigenvalue weighted by Gasteiger charge is -2.36. The second-order valence-corrected chi connectivity index (χ2v) is 20.2. The lowest BCUT2D eigenvalue weighted by molar-refractivity contribution is -0.127. The fourth-order valence-electron chi connectivity index (χ4n) is 11.5. The van der Waals surface area contributed by atoms with Crippen molar-refractivity contribution < 1.29 is 45.8 Å². The zero-order chi connectivity index (χ0) is 54.8. The Balaban J connectivity index is 0.993. The molecule has 6 aliphatic rings. The summed E-state index contributed by atoms with van der Waals surface area (Å²) in [5.74, 6) is 1.70. The number of ether oxygens (including phenoxy) is 1. The fraction of sp³-hybridized carbons (Fsp3) is 0.407. The quantitative estimate of drug-likeness (QED) is 0.137. The Bertz CT molecular complexity index is 3460. The highest BCUT2D eigenvalue weighted by atomic mass is 19.1. The minimum Gasteiger partial charge on any atom is -0.376 e. The first-order valence-corrected chi connectivity index (χ1v) is 23.8. The van der Waals surface area contributed by atoms with E-state index in [0.717, 1.165) is 48.2 Å². The highest BCUT2D eigenvalue weighted by Gasteiger charge is 2.67. The Kier molecular flexibility index (Phi) is 9.40. The van der Waals surface area contributed by atoms with E-state index in [9.17, 15) is 14.4 Å². The zero-order valence-electron chi connectivity index (χ0n) is 45.8. The molecule has 0 bridgehead atoms. The van der Waals surface area contributed by atoms with Gasteiger partial charge in [-0.05, 0) is 149 Å². The van der Waals surface area contributed by atoms with Crippen LogP contribution in [-0.2, 0) is 42.3 Å². The first-order valence-electron chi connectivity index (χ1n) is 26.8. The second-order valence-electron chi connectivity index (χ2n) is 20.2. The van der Waals surface area contributed by atoms with Crippen LogP contribution in [0.15, 0.2) is 83.7 Å². The van der Waals surface area contributed by atoms with Crippen LogP contribution in [0, 0.1) is 37.3 Å². The molecule has 1 saturated heterocycles. The van der Waals surface area contributed by atoms with Gasteiger partial charge >= 0.3 is 5.88 Å². The van der Waals surface area contributed by atoms with Gasteiger partial charge in [-0.3, -0.25) is 19.4 Å². The maximum Gasteiger partial charge on any atom is 0.332 e. The molecule has 2 amide bonds. The van der Waals surface area contributed by atoms with Gasteiger partial charge in [-0.1, -0.05) is 12.1 Å². The third-order valence-corrected chi connectivity index (χ3v) is 15.1. The number of hydrogen-bond acceptors (Lipinski definition) is 11. The van der Waals surface area contributed by atoms with Crippen molar-refractivity contribution in [1.82, 2.24) is 29.6 Å². The summed E-state index contributed by atoms with van der Waals surface area (Å²) in [6.07, 6.45) is 6.76. The van der Waals surface area contributed by atoms with Crippen LogP contribution in [0.3, 0.4) is 0 Å². The van der Waals surface area contributed by atoms with Crippen molar-refractivity contribution in [3.63, 3.8) is 0 Å². The number of fused-ring (bicyclic) bond motifs is 2. The molecular weight excluding hydrogens is 909 g/mol. The van der Waals surface area contributed by atoms with Crippen LogP contribution in [0.5, 0.6) is 0 Å². The molecule has 3 aromatic carbocycles. The van der Waals surface area contributed by atoms with Crippen LogP contribution in [0.4, 0.5) is 20.3 Å². The molecule has 366 valence electrons. The van der Waals surface area contributed by atoms with Crippen LogP contribution in [-0.4, -0.2) is 86.4 Å². The number of amidine groups is 1. The van der Waals surface area contributed by atoms with Gasteiger partial charge in [0, 0.05) is 70.6 Å². The number of nitrogens with one attached hydrogen (secondary N) is 1. The molecule has 5 aromatic rings. The van der Waals surface area contributed by atoms with E-state index in [-0.39, 0.29) is 70.0 Å². The van der Waals surface area contributed by atoms with Crippen molar-refractivity contribution >= 4 is 51.9 Å². The molecular formula is C54H55F2N9O6. The number of aromatic nitrogens is 3. The summed E-state index contributed by atoms with van der Waals surface area (Å²) in [6.45, 7) is 3.55. The van der Waals surface area contributed by atoms with Gasteiger partial charge in [0.2, 0.25) is 11.7 Å². The molecule has 4 aliphatic heterocycles. The number of aliphatic imine (C=N–C) groups is 1. The molecule has 1 N–H and O–H groups in total. The smallest absolute Gasteiger partial charge is 0.332 e. The largest absolute Gasteiger partial charge is 0.376 e. The lowest BCUT2D eigenvalue weighted by Crippen LogP contribution is -2.43. The molecule has 2 aliphatic carbocycles. The van der Waals surface area contributed by atoms with E-state index in [4.69, 9.17) is 22.9 Å². The number of hydrogen-bond donors (Lipinski definition) is 1. The molecule has 4 atom stereocenters. The van der Waals surface area contributed by atoms with E-state index < -0.39 is 49.5 Å². The Hall–Kier alpha value is -7.32. The molecule has 71 heavy (non-hydrogen) atoms. The van der Waals surface area contributed by atoms with E-state index in [1.807, 2.05) is 18.9 Å². The molecule has 0 spiro atoms. The monoisotopic (exact) mass is 969 g/mol. The number of rotatable bonds is 10. The number of carbonyl (C=O) groups is 2. The third kappa shape index (κ3) is 7.65. The third-order valence-electron chi connectivity index (χ3n) is 15.1. The number of carbonyl (C=O) groups excluding carboxylic acids is 4. The van der Waals surface area contributed by atoms with E-state index >= 15 is 13.6 Å². The summed E-state index contributed by atoms with van der Waals surface area (Å²) in [6, 6.07) is 14.3. The molecule has 2 aromatic heterocycles. The molecule has 0 radical (unpaired) electrons. The van der Waals surface area contributed by atoms with Gasteiger partial charge in [-0.2, -0.15) is 10.1 Å².